The zero-order valence-electron chi connectivity index (χ0n) is 20.9. The first kappa shape index (κ1) is 23.3. The second-order valence-corrected chi connectivity index (χ2v) is 10.7. The van der Waals surface area contributed by atoms with Gasteiger partial charge in [0.05, 0.1) is 19.3 Å². The first-order valence-electron chi connectivity index (χ1n) is 13.1. The number of ether oxygens (including phenoxy) is 2. The van der Waals surface area contributed by atoms with Crippen LogP contribution in [0, 0.1) is 5.92 Å². The SMILES string of the molecule is COc1cc(C(=O)N2CCC3(CC2)N[C@@H]2CCCC[C@@H]2n2cccc23)ccc1OCCC(C)C. The molecule has 6 heteroatoms. The van der Waals surface area contributed by atoms with Crippen molar-refractivity contribution in [3.05, 3.63) is 47.8 Å². The van der Waals surface area contributed by atoms with Gasteiger partial charge in [-0.05, 0) is 68.4 Å². The molecule has 1 N–H and O–H groups in total. The lowest BCUT2D eigenvalue weighted by molar-refractivity contribution is 0.0512. The van der Waals surface area contributed by atoms with Gasteiger partial charge in [-0.2, -0.15) is 0 Å². The molecule has 6 nitrogen and oxygen atoms in total. The Labute approximate surface area is 203 Å². The minimum atomic E-state index is -0.0232. The van der Waals surface area contributed by atoms with E-state index in [1.54, 1.807) is 7.11 Å². The van der Waals surface area contributed by atoms with Gasteiger partial charge in [0.2, 0.25) is 0 Å². The van der Waals surface area contributed by atoms with Gasteiger partial charge in [-0.1, -0.05) is 26.7 Å². The molecule has 184 valence electrons. The second-order valence-electron chi connectivity index (χ2n) is 10.7. The van der Waals surface area contributed by atoms with E-state index in [1.807, 2.05) is 23.1 Å². The Bertz CT molecular complexity index is 1010. The van der Waals surface area contributed by atoms with Crippen molar-refractivity contribution >= 4 is 5.91 Å². The van der Waals surface area contributed by atoms with Gasteiger partial charge < -0.3 is 24.3 Å². The number of likely N-dealkylation sites (tertiary alicyclic amines) is 1. The molecule has 1 aromatic heterocycles. The van der Waals surface area contributed by atoms with Crippen molar-refractivity contribution in [2.75, 3.05) is 26.8 Å². The normalized spacial score (nSPS) is 23.5. The predicted molar refractivity (Wildman–Crippen MR) is 134 cm³/mol. The number of benzene rings is 1. The molecule has 1 amide bonds. The number of nitrogens with one attached hydrogen (secondary N) is 1. The van der Waals surface area contributed by atoms with Crippen LogP contribution in [0.5, 0.6) is 11.5 Å². The van der Waals surface area contributed by atoms with E-state index in [1.165, 1.54) is 31.4 Å². The summed E-state index contributed by atoms with van der Waals surface area (Å²) in [7, 11) is 1.63. The highest BCUT2D eigenvalue weighted by Gasteiger charge is 2.46. The lowest BCUT2D eigenvalue weighted by Crippen LogP contribution is -2.61. The van der Waals surface area contributed by atoms with Gasteiger partial charge in [0.15, 0.2) is 11.5 Å². The zero-order valence-corrected chi connectivity index (χ0v) is 20.9. The number of carbonyl (C=O) groups is 1. The number of rotatable bonds is 6. The highest BCUT2D eigenvalue weighted by Crippen LogP contribution is 2.44. The molecule has 1 spiro atoms. The van der Waals surface area contributed by atoms with E-state index in [2.05, 4.69) is 42.1 Å². The molecule has 0 bridgehead atoms. The highest BCUT2D eigenvalue weighted by molar-refractivity contribution is 5.95. The summed E-state index contributed by atoms with van der Waals surface area (Å²) in [5.41, 5.74) is 2.05. The van der Waals surface area contributed by atoms with Crippen molar-refractivity contribution in [2.45, 2.75) is 76.4 Å². The van der Waals surface area contributed by atoms with Crippen molar-refractivity contribution in [3.63, 3.8) is 0 Å². The minimum Gasteiger partial charge on any atom is -0.493 e. The molecule has 3 heterocycles. The molecule has 1 aliphatic carbocycles. The average molecular weight is 466 g/mol. The van der Waals surface area contributed by atoms with Crippen LogP contribution in [-0.4, -0.2) is 48.2 Å². The van der Waals surface area contributed by atoms with Crippen molar-refractivity contribution in [3.8, 4) is 11.5 Å². The van der Waals surface area contributed by atoms with Crippen LogP contribution in [0.2, 0.25) is 0 Å². The van der Waals surface area contributed by atoms with Gasteiger partial charge in [0, 0.05) is 42.6 Å². The molecule has 34 heavy (non-hydrogen) atoms. The molecule has 1 saturated carbocycles. The van der Waals surface area contributed by atoms with E-state index in [9.17, 15) is 4.79 Å². The Morgan fingerprint density at radius 3 is 2.71 bits per heavy atom. The second kappa shape index (κ2) is 9.65. The number of fused-ring (bicyclic) bond motifs is 4. The van der Waals surface area contributed by atoms with E-state index < -0.39 is 0 Å². The minimum absolute atomic E-state index is 0.0232. The molecule has 2 fully saturated rings. The number of methoxy groups -OCH3 is 1. The van der Waals surface area contributed by atoms with Crippen molar-refractivity contribution < 1.29 is 14.3 Å². The van der Waals surface area contributed by atoms with E-state index in [-0.39, 0.29) is 11.4 Å². The van der Waals surface area contributed by atoms with Crippen LogP contribution in [0.25, 0.3) is 0 Å². The Balaban J connectivity index is 1.27. The molecule has 0 radical (unpaired) electrons. The molecule has 3 aliphatic rings. The van der Waals surface area contributed by atoms with Crippen LogP contribution >= 0.6 is 0 Å². The van der Waals surface area contributed by atoms with Gasteiger partial charge in [-0.25, -0.2) is 0 Å². The fourth-order valence-corrected chi connectivity index (χ4v) is 6.13. The first-order chi connectivity index (χ1) is 16.5. The topological polar surface area (TPSA) is 55.7 Å². The summed E-state index contributed by atoms with van der Waals surface area (Å²) in [5, 5.41) is 4.07. The van der Waals surface area contributed by atoms with Crippen LogP contribution in [-0.2, 0) is 5.54 Å². The number of carbonyl (C=O) groups excluding carboxylic acids is 1. The largest absolute Gasteiger partial charge is 0.493 e. The fraction of sp³-hybridized carbons (Fsp3) is 0.607. The average Bonchev–Trinajstić information content (AvgIpc) is 3.36. The quantitative estimate of drug-likeness (QED) is 0.642. The van der Waals surface area contributed by atoms with E-state index in [0.29, 0.717) is 41.7 Å². The van der Waals surface area contributed by atoms with Crippen LogP contribution in [0.3, 0.4) is 0 Å². The van der Waals surface area contributed by atoms with Crippen LogP contribution in [0.15, 0.2) is 36.5 Å². The van der Waals surface area contributed by atoms with Gasteiger partial charge in [-0.3, -0.25) is 4.79 Å². The summed E-state index contributed by atoms with van der Waals surface area (Å²) in [5.74, 6) is 1.98. The monoisotopic (exact) mass is 465 g/mol. The van der Waals surface area contributed by atoms with Crippen molar-refractivity contribution in [1.29, 1.82) is 0 Å². The lowest BCUT2D eigenvalue weighted by atomic mass is 9.77. The van der Waals surface area contributed by atoms with Gasteiger partial charge in [0.25, 0.3) is 5.91 Å². The van der Waals surface area contributed by atoms with Gasteiger partial charge >= 0.3 is 0 Å². The lowest BCUT2D eigenvalue weighted by Gasteiger charge is -2.52. The Morgan fingerprint density at radius 2 is 1.94 bits per heavy atom. The number of piperidine rings is 1. The summed E-state index contributed by atoms with van der Waals surface area (Å²) >= 11 is 0. The molecule has 2 atom stereocenters. The van der Waals surface area contributed by atoms with E-state index in [0.717, 1.165) is 32.4 Å². The Morgan fingerprint density at radius 1 is 1.15 bits per heavy atom. The van der Waals surface area contributed by atoms with Gasteiger partial charge in [0.1, 0.15) is 0 Å². The van der Waals surface area contributed by atoms with Crippen LogP contribution in [0.4, 0.5) is 0 Å². The molecule has 0 unspecified atom stereocenters. The maximum Gasteiger partial charge on any atom is 0.253 e. The van der Waals surface area contributed by atoms with E-state index in [4.69, 9.17) is 9.47 Å². The summed E-state index contributed by atoms with van der Waals surface area (Å²) in [6.45, 7) is 6.51. The third-order valence-corrected chi connectivity index (χ3v) is 8.09. The maximum atomic E-state index is 13.4. The summed E-state index contributed by atoms with van der Waals surface area (Å²) in [6.07, 6.45) is 10.3. The summed E-state index contributed by atoms with van der Waals surface area (Å²) in [4.78, 5) is 15.4. The van der Waals surface area contributed by atoms with Crippen LogP contribution in [0.1, 0.15) is 80.9 Å². The molecule has 1 aromatic carbocycles. The molecule has 2 aromatic rings. The van der Waals surface area contributed by atoms with Crippen LogP contribution < -0.4 is 14.8 Å². The third kappa shape index (κ3) is 4.33. The molecule has 5 rings (SSSR count). The number of hydrogen-bond acceptors (Lipinski definition) is 4. The predicted octanol–water partition coefficient (Wildman–Crippen LogP) is 5.14. The third-order valence-electron chi connectivity index (χ3n) is 8.09. The first-order valence-corrected chi connectivity index (χ1v) is 13.1. The smallest absolute Gasteiger partial charge is 0.253 e. The van der Waals surface area contributed by atoms with E-state index >= 15 is 0 Å². The zero-order chi connectivity index (χ0) is 23.7. The van der Waals surface area contributed by atoms with Gasteiger partial charge in [-0.15, -0.1) is 0 Å². The highest BCUT2D eigenvalue weighted by atomic mass is 16.5. The standard InChI is InChI=1S/C28H39N3O3/c1-20(2)12-18-34-24-11-10-21(19-25(24)33-3)27(32)30-16-13-28(14-17-30)26-9-6-15-31(26)23-8-5-4-7-22(23)29-28/h6,9-11,15,19-20,22-23,29H,4-5,7-8,12-14,16-18H2,1-3H3/t22-,23+/m1/s1. The number of hydrogen-bond donors (Lipinski definition) is 1. The number of amides is 1. The Kier molecular flexibility index (Phi) is 6.61. The number of aromatic nitrogens is 1. The molecular weight excluding hydrogens is 426 g/mol. The summed E-state index contributed by atoms with van der Waals surface area (Å²) in [6, 6.07) is 11.2. The molecular formula is C28H39N3O3. The molecule has 2 aliphatic heterocycles. The van der Waals surface area contributed by atoms with Crippen molar-refractivity contribution in [1.82, 2.24) is 14.8 Å². The van der Waals surface area contributed by atoms with Crippen molar-refractivity contribution in [2.24, 2.45) is 5.92 Å². The Hall–Kier alpha value is -2.47. The fourth-order valence-electron chi connectivity index (χ4n) is 6.13. The summed E-state index contributed by atoms with van der Waals surface area (Å²) < 4.78 is 14.0. The number of nitrogens with zero attached hydrogens (tertiary/aromatic N) is 2. The molecule has 1 saturated heterocycles. The maximum absolute atomic E-state index is 13.4.